The molecule has 0 heterocycles. The molecule has 0 saturated heterocycles. The number of amides is 1. The molecule has 0 aliphatic carbocycles. The molecule has 0 atom stereocenters. The lowest BCUT2D eigenvalue weighted by Crippen LogP contribution is -2.36. The molecule has 0 bridgehead atoms. The van der Waals surface area contributed by atoms with Crippen LogP contribution in [0.15, 0.2) is 53.5 Å². The maximum absolute atomic E-state index is 12.0. The number of hydrogen-bond donors (Lipinski definition) is 2. The van der Waals surface area contributed by atoms with Crippen molar-refractivity contribution in [1.29, 1.82) is 0 Å². The van der Waals surface area contributed by atoms with E-state index in [0.29, 0.717) is 22.0 Å². The Balaban J connectivity index is 2.07. The second-order valence-electron chi connectivity index (χ2n) is 4.16. The first-order valence-corrected chi connectivity index (χ1v) is 6.51. The summed E-state index contributed by atoms with van der Waals surface area (Å²) in [5.41, 5.74) is 6.72. The van der Waals surface area contributed by atoms with Gasteiger partial charge in [0.2, 0.25) is 5.96 Å². The van der Waals surface area contributed by atoms with E-state index in [0.717, 1.165) is 0 Å². The quantitative estimate of drug-likeness (QED) is 0.676. The molecule has 0 fully saturated rings. The smallest absolute Gasteiger partial charge is 0.257 e. The SMILES string of the molecule is COc1ccc(C(=O)NC(N)=Nc2cccc(Cl)c2)cc1. The molecule has 0 spiro atoms. The van der Waals surface area contributed by atoms with Crippen molar-refractivity contribution in [2.24, 2.45) is 10.7 Å². The van der Waals surface area contributed by atoms with Crippen LogP contribution in [-0.2, 0) is 0 Å². The van der Waals surface area contributed by atoms with Crippen LogP contribution in [-0.4, -0.2) is 19.0 Å². The number of methoxy groups -OCH3 is 1. The number of halogens is 1. The summed E-state index contributed by atoms with van der Waals surface area (Å²) in [5, 5.41) is 3.05. The Hall–Kier alpha value is -2.53. The second kappa shape index (κ2) is 6.76. The Morgan fingerprint density at radius 2 is 1.95 bits per heavy atom. The molecular formula is C15H14ClN3O2. The molecule has 6 heteroatoms. The summed E-state index contributed by atoms with van der Waals surface area (Å²) in [6, 6.07) is 13.5. The molecular weight excluding hydrogens is 290 g/mol. The van der Waals surface area contributed by atoms with E-state index in [2.05, 4.69) is 10.3 Å². The van der Waals surface area contributed by atoms with Gasteiger partial charge in [0, 0.05) is 10.6 Å². The maximum Gasteiger partial charge on any atom is 0.257 e. The Morgan fingerprint density at radius 1 is 1.24 bits per heavy atom. The topological polar surface area (TPSA) is 76.7 Å². The first kappa shape index (κ1) is 14.9. The van der Waals surface area contributed by atoms with Gasteiger partial charge in [-0.3, -0.25) is 10.1 Å². The fraction of sp³-hybridized carbons (Fsp3) is 0.0667. The zero-order chi connectivity index (χ0) is 15.2. The van der Waals surface area contributed by atoms with Gasteiger partial charge in [-0.25, -0.2) is 4.99 Å². The third-order valence-corrected chi connectivity index (χ3v) is 2.89. The summed E-state index contributed by atoms with van der Waals surface area (Å²) >= 11 is 5.85. The molecule has 0 aliphatic heterocycles. The monoisotopic (exact) mass is 303 g/mol. The summed E-state index contributed by atoms with van der Waals surface area (Å²) in [7, 11) is 1.56. The largest absolute Gasteiger partial charge is 0.497 e. The predicted molar refractivity (Wildman–Crippen MR) is 83.2 cm³/mol. The van der Waals surface area contributed by atoms with Crippen LogP contribution in [0.4, 0.5) is 5.69 Å². The highest BCUT2D eigenvalue weighted by Gasteiger charge is 2.07. The molecule has 0 radical (unpaired) electrons. The number of rotatable bonds is 3. The lowest BCUT2D eigenvalue weighted by molar-refractivity contribution is 0.0976. The van der Waals surface area contributed by atoms with Crippen molar-refractivity contribution in [1.82, 2.24) is 5.32 Å². The van der Waals surface area contributed by atoms with E-state index in [9.17, 15) is 4.79 Å². The summed E-state index contributed by atoms with van der Waals surface area (Å²) < 4.78 is 5.03. The standard InChI is InChI=1S/C15H14ClN3O2/c1-21-13-7-5-10(6-8-13)14(20)19-15(17)18-12-4-2-3-11(16)9-12/h2-9H,1H3,(H3,17,18,19,20). The molecule has 0 unspecified atom stereocenters. The summed E-state index contributed by atoms with van der Waals surface area (Å²) in [6.07, 6.45) is 0. The molecule has 0 aromatic heterocycles. The molecule has 21 heavy (non-hydrogen) atoms. The Kier molecular flexibility index (Phi) is 4.79. The number of guanidine groups is 1. The van der Waals surface area contributed by atoms with Gasteiger partial charge >= 0.3 is 0 Å². The van der Waals surface area contributed by atoms with Crippen LogP contribution in [0.3, 0.4) is 0 Å². The number of carbonyl (C=O) groups excluding carboxylic acids is 1. The van der Waals surface area contributed by atoms with E-state index in [4.69, 9.17) is 22.1 Å². The average molecular weight is 304 g/mol. The van der Waals surface area contributed by atoms with Gasteiger partial charge in [-0.1, -0.05) is 17.7 Å². The molecule has 2 aromatic carbocycles. The van der Waals surface area contributed by atoms with Gasteiger partial charge in [0.25, 0.3) is 5.91 Å². The lowest BCUT2D eigenvalue weighted by Gasteiger charge is -2.05. The van der Waals surface area contributed by atoms with Crippen molar-refractivity contribution in [2.75, 3.05) is 7.11 Å². The number of carbonyl (C=O) groups is 1. The average Bonchev–Trinajstić information content (AvgIpc) is 2.47. The number of nitrogens with one attached hydrogen (secondary N) is 1. The first-order valence-electron chi connectivity index (χ1n) is 6.13. The van der Waals surface area contributed by atoms with Crippen LogP contribution in [0.25, 0.3) is 0 Å². The highest BCUT2D eigenvalue weighted by atomic mass is 35.5. The van der Waals surface area contributed by atoms with Crippen LogP contribution in [0.2, 0.25) is 5.02 Å². The van der Waals surface area contributed by atoms with E-state index < -0.39 is 0 Å². The van der Waals surface area contributed by atoms with Gasteiger partial charge in [0.15, 0.2) is 0 Å². The van der Waals surface area contributed by atoms with Crippen LogP contribution in [0.5, 0.6) is 5.75 Å². The number of nitrogens with zero attached hydrogens (tertiary/aromatic N) is 1. The Morgan fingerprint density at radius 3 is 2.57 bits per heavy atom. The third-order valence-electron chi connectivity index (χ3n) is 2.65. The van der Waals surface area contributed by atoms with E-state index >= 15 is 0 Å². The molecule has 108 valence electrons. The maximum atomic E-state index is 12.0. The van der Waals surface area contributed by atoms with Gasteiger partial charge in [0.1, 0.15) is 5.75 Å². The molecule has 5 nitrogen and oxygen atoms in total. The van der Waals surface area contributed by atoms with Crippen LogP contribution >= 0.6 is 11.6 Å². The van der Waals surface area contributed by atoms with Gasteiger partial charge in [0.05, 0.1) is 12.8 Å². The predicted octanol–water partition coefficient (Wildman–Crippen LogP) is 2.72. The van der Waals surface area contributed by atoms with Crippen molar-refractivity contribution in [2.45, 2.75) is 0 Å². The van der Waals surface area contributed by atoms with E-state index in [1.165, 1.54) is 0 Å². The summed E-state index contributed by atoms with van der Waals surface area (Å²) in [6.45, 7) is 0. The van der Waals surface area contributed by atoms with Crippen LogP contribution in [0, 0.1) is 0 Å². The molecule has 1 amide bonds. The van der Waals surface area contributed by atoms with E-state index in [-0.39, 0.29) is 11.9 Å². The molecule has 0 aliphatic rings. The van der Waals surface area contributed by atoms with Crippen molar-refractivity contribution >= 4 is 29.2 Å². The van der Waals surface area contributed by atoms with Crippen molar-refractivity contribution < 1.29 is 9.53 Å². The second-order valence-corrected chi connectivity index (χ2v) is 4.60. The molecule has 3 N–H and O–H groups in total. The number of ether oxygens (including phenoxy) is 1. The first-order chi connectivity index (χ1) is 10.1. The van der Waals surface area contributed by atoms with Crippen LogP contribution in [0.1, 0.15) is 10.4 Å². The van der Waals surface area contributed by atoms with Gasteiger partial charge < -0.3 is 10.5 Å². The Bertz CT molecular complexity index is 669. The fourth-order valence-electron chi connectivity index (χ4n) is 1.64. The lowest BCUT2D eigenvalue weighted by atomic mass is 10.2. The highest BCUT2D eigenvalue weighted by molar-refractivity contribution is 6.30. The van der Waals surface area contributed by atoms with Gasteiger partial charge in [-0.2, -0.15) is 0 Å². The highest BCUT2D eigenvalue weighted by Crippen LogP contribution is 2.17. The summed E-state index contributed by atoms with van der Waals surface area (Å²) in [5.74, 6) is 0.325. The molecule has 0 saturated carbocycles. The number of aliphatic imine (C=N–C) groups is 1. The third kappa shape index (κ3) is 4.22. The number of hydrogen-bond acceptors (Lipinski definition) is 3. The molecule has 2 aromatic rings. The van der Waals surface area contributed by atoms with Crippen molar-refractivity contribution in [3.05, 3.63) is 59.1 Å². The fourth-order valence-corrected chi connectivity index (χ4v) is 1.83. The Labute approximate surface area is 127 Å². The van der Waals surface area contributed by atoms with Crippen molar-refractivity contribution in [3.8, 4) is 5.75 Å². The summed E-state index contributed by atoms with van der Waals surface area (Å²) in [4.78, 5) is 16.0. The van der Waals surface area contributed by atoms with Gasteiger partial charge in [-0.05, 0) is 42.5 Å². The number of benzene rings is 2. The van der Waals surface area contributed by atoms with Crippen molar-refractivity contribution in [3.63, 3.8) is 0 Å². The van der Waals surface area contributed by atoms with E-state index in [1.807, 2.05) is 0 Å². The molecule has 2 rings (SSSR count). The van der Waals surface area contributed by atoms with E-state index in [1.54, 1.807) is 55.6 Å². The van der Waals surface area contributed by atoms with Gasteiger partial charge in [-0.15, -0.1) is 0 Å². The number of nitrogens with two attached hydrogens (primary N) is 1. The minimum absolute atomic E-state index is 0.00177. The zero-order valence-electron chi connectivity index (χ0n) is 11.3. The minimum Gasteiger partial charge on any atom is -0.497 e. The minimum atomic E-state index is -0.346. The normalized spacial score (nSPS) is 11.0. The van der Waals surface area contributed by atoms with Crippen LogP contribution < -0.4 is 15.8 Å². The zero-order valence-corrected chi connectivity index (χ0v) is 12.1.